The van der Waals surface area contributed by atoms with Crippen molar-refractivity contribution < 1.29 is 30.9 Å². The summed E-state index contributed by atoms with van der Waals surface area (Å²) in [5, 5.41) is 2.47. The van der Waals surface area contributed by atoms with Gasteiger partial charge < -0.3 is 4.90 Å². The van der Waals surface area contributed by atoms with E-state index in [1.165, 1.54) is 0 Å². The van der Waals surface area contributed by atoms with E-state index in [0.717, 1.165) is 4.90 Å². The Morgan fingerprint density at radius 1 is 1.14 bits per heavy atom. The van der Waals surface area contributed by atoms with Crippen molar-refractivity contribution in [1.29, 1.82) is 0 Å². The monoisotopic (exact) mass is 342 g/mol. The van der Waals surface area contributed by atoms with E-state index in [1.807, 2.05) is 9.63 Å². The molecule has 0 aliphatic rings. The number of nitrogens with one attached hydrogen (secondary N) is 2. The Balaban J connectivity index is 3.40. The maximum atomic E-state index is 13.7. The van der Waals surface area contributed by atoms with Gasteiger partial charge in [-0.25, -0.2) is 30.7 Å². The second-order valence-corrected chi connectivity index (χ2v) is 6.18. The van der Waals surface area contributed by atoms with Crippen LogP contribution in [0, 0.1) is 23.3 Å². The van der Waals surface area contributed by atoms with Gasteiger partial charge in [0.2, 0.25) is 10.0 Å². The SMILES string of the molecule is C[NH+](C)CCNS(=O)(=O)c1c(F)c(F)c(N=[N+]=[N-])c(F)c1F. The fourth-order valence-corrected chi connectivity index (χ4v) is 2.64. The quantitative estimate of drug-likeness (QED) is 0.260. The van der Waals surface area contributed by atoms with Crippen LogP contribution in [-0.4, -0.2) is 35.6 Å². The van der Waals surface area contributed by atoms with Crippen molar-refractivity contribution in [3.63, 3.8) is 0 Å². The normalized spacial score (nSPS) is 11.6. The van der Waals surface area contributed by atoms with Crippen LogP contribution in [0.25, 0.3) is 10.4 Å². The molecule has 122 valence electrons. The molecule has 0 spiro atoms. The van der Waals surface area contributed by atoms with Gasteiger partial charge in [-0.3, -0.25) is 0 Å². The number of likely N-dealkylation sites (N-methyl/N-ethyl adjacent to an activating group) is 1. The van der Waals surface area contributed by atoms with E-state index in [2.05, 4.69) is 5.11 Å². The summed E-state index contributed by atoms with van der Waals surface area (Å²) in [5.74, 6) is -8.50. The smallest absolute Gasteiger partial charge is 0.246 e. The predicted molar refractivity (Wildman–Crippen MR) is 67.9 cm³/mol. The van der Waals surface area contributed by atoms with E-state index in [9.17, 15) is 26.0 Å². The summed E-state index contributed by atoms with van der Waals surface area (Å²) in [4.78, 5) is 1.05. The highest BCUT2D eigenvalue weighted by molar-refractivity contribution is 7.89. The minimum Gasteiger partial charge on any atom is -0.339 e. The Morgan fingerprint density at radius 3 is 2.05 bits per heavy atom. The van der Waals surface area contributed by atoms with E-state index in [-0.39, 0.29) is 13.1 Å². The Labute approximate surface area is 123 Å². The molecular formula is C10H12F4N5O2S+. The van der Waals surface area contributed by atoms with E-state index in [4.69, 9.17) is 5.53 Å². The number of hydrogen-bond acceptors (Lipinski definition) is 3. The van der Waals surface area contributed by atoms with Crippen molar-refractivity contribution >= 4 is 15.7 Å². The average Bonchev–Trinajstić information content (AvgIpc) is 2.40. The molecule has 12 heteroatoms. The summed E-state index contributed by atoms with van der Waals surface area (Å²) in [6.45, 7) is 0.0646. The first-order chi connectivity index (χ1) is 10.1. The Bertz CT molecular complexity index is 702. The highest BCUT2D eigenvalue weighted by Gasteiger charge is 2.32. The van der Waals surface area contributed by atoms with Crippen molar-refractivity contribution in [2.75, 3.05) is 27.2 Å². The van der Waals surface area contributed by atoms with Crippen LogP contribution in [0.3, 0.4) is 0 Å². The standard InChI is InChI=1S/C10H11F4N5O2S/c1-19(2)4-3-16-22(20,21)10-7(13)5(11)9(17-18-15)6(12)8(10)14/h16H,3-4H2,1-2H3/p+1. The zero-order chi connectivity index (χ0) is 17.1. The van der Waals surface area contributed by atoms with Crippen molar-refractivity contribution in [2.24, 2.45) is 5.11 Å². The van der Waals surface area contributed by atoms with Gasteiger partial charge in [-0.15, -0.1) is 0 Å². The van der Waals surface area contributed by atoms with Gasteiger partial charge in [-0.2, -0.15) is 0 Å². The van der Waals surface area contributed by atoms with E-state index in [0.29, 0.717) is 0 Å². The zero-order valence-electron chi connectivity index (χ0n) is 11.5. The maximum Gasteiger partial charge on any atom is 0.246 e. The number of sulfonamides is 1. The molecule has 0 aliphatic heterocycles. The molecule has 0 bridgehead atoms. The number of hydrogen-bond donors (Lipinski definition) is 2. The molecule has 2 N–H and O–H groups in total. The molecule has 0 heterocycles. The molecule has 0 saturated carbocycles. The van der Waals surface area contributed by atoms with Crippen LogP contribution in [0.2, 0.25) is 0 Å². The number of quaternary nitrogens is 1. The molecule has 1 rings (SSSR count). The average molecular weight is 342 g/mol. The first-order valence-electron chi connectivity index (χ1n) is 5.83. The van der Waals surface area contributed by atoms with Gasteiger partial charge in [0.1, 0.15) is 5.69 Å². The first kappa shape index (κ1) is 18.2. The molecule has 1 aromatic rings. The minimum absolute atomic E-state index is 0.203. The van der Waals surface area contributed by atoms with Crippen LogP contribution in [0.5, 0.6) is 0 Å². The lowest BCUT2D eigenvalue weighted by molar-refractivity contribution is -0.856. The van der Waals surface area contributed by atoms with Crippen LogP contribution in [0.15, 0.2) is 10.0 Å². The molecule has 0 aromatic heterocycles. The Morgan fingerprint density at radius 2 is 1.64 bits per heavy atom. The highest BCUT2D eigenvalue weighted by Crippen LogP contribution is 2.32. The summed E-state index contributed by atoms with van der Waals surface area (Å²) in [7, 11) is -1.43. The maximum absolute atomic E-state index is 13.7. The summed E-state index contributed by atoms with van der Waals surface area (Å²) in [6, 6.07) is 0. The Kier molecular flexibility index (Phi) is 5.72. The van der Waals surface area contributed by atoms with Crippen LogP contribution in [0.1, 0.15) is 0 Å². The van der Waals surface area contributed by atoms with Crippen molar-refractivity contribution in [3.8, 4) is 0 Å². The molecule has 0 aliphatic carbocycles. The number of azide groups is 1. The van der Waals surface area contributed by atoms with E-state index < -0.39 is 43.9 Å². The third kappa shape index (κ3) is 3.65. The molecule has 7 nitrogen and oxygen atoms in total. The van der Waals surface area contributed by atoms with Crippen LogP contribution in [0.4, 0.5) is 23.2 Å². The topological polar surface area (TPSA) is 99.4 Å². The number of benzene rings is 1. The molecular weight excluding hydrogens is 330 g/mol. The summed E-state index contributed by atoms with van der Waals surface area (Å²) in [6.07, 6.45) is 0. The van der Waals surface area contributed by atoms with Gasteiger partial charge in [-0.05, 0) is 5.53 Å². The van der Waals surface area contributed by atoms with Crippen LogP contribution < -0.4 is 9.62 Å². The molecule has 0 radical (unpaired) electrons. The van der Waals surface area contributed by atoms with Gasteiger partial charge in [0.15, 0.2) is 28.2 Å². The molecule has 0 unspecified atom stereocenters. The fraction of sp³-hybridized carbons (Fsp3) is 0.400. The van der Waals surface area contributed by atoms with Crippen molar-refractivity contribution in [3.05, 3.63) is 33.7 Å². The van der Waals surface area contributed by atoms with Crippen LogP contribution >= 0.6 is 0 Å². The molecule has 0 saturated heterocycles. The number of rotatable bonds is 6. The summed E-state index contributed by atoms with van der Waals surface area (Å²) >= 11 is 0. The first-order valence-corrected chi connectivity index (χ1v) is 7.31. The van der Waals surface area contributed by atoms with E-state index >= 15 is 0 Å². The largest absolute Gasteiger partial charge is 0.339 e. The molecule has 0 fully saturated rings. The van der Waals surface area contributed by atoms with Crippen molar-refractivity contribution in [2.45, 2.75) is 4.90 Å². The summed E-state index contributed by atoms with van der Waals surface area (Å²) in [5.41, 5.74) is 6.52. The third-order valence-corrected chi connectivity index (χ3v) is 4.01. The third-order valence-electron chi connectivity index (χ3n) is 2.53. The molecule has 22 heavy (non-hydrogen) atoms. The highest BCUT2D eigenvalue weighted by atomic mass is 32.2. The second-order valence-electron chi connectivity index (χ2n) is 4.48. The zero-order valence-corrected chi connectivity index (χ0v) is 12.3. The van der Waals surface area contributed by atoms with Crippen LogP contribution in [-0.2, 0) is 10.0 Å². The van der Waals surface area contributed by atoms with Crippen molar-refractivity contribution in [1.82, 2.24) is 4.72 Å². The van der Waals surface area contributed by atoms with Gasteiger partial charge in [0.05, 0.1) is 27.2 Å². The molecule has 1 aromatic carbocycles. The lowest BCUT2D eigenvalue weighted by Crippen LogP contribution is -3.06. The van der Waals surface area contributed by atoms with Gasteiger partial charge in [-0.1, -0.05) is 5.11 Å². The second kappa shape index (κ2) is 6.92. The lowest BCUT2D eigenvalue weighted by atomic mass is 10.2. The summed E-state index contributed by atoms with van der Waals surface area (Å²) < 4.78 is 79.9. The number of halogens is 4. The number of nitrogens with zero attached hydrogens (tertiary/aromatic N) is 3. The van der Waals surface area contributed by atoms with Gasteiger partial charge in [0, 0.05) is 4.91 Å². The minimum atomic E-state index is -4.82. The molecule has 0 atom stereocenters. The predicted octanol–water partition coefficient (Wildman–Crippen LogP) is 0.608. The Hall–Kier alpha value is -1.88. The van der Waals surface area contributed by atoms with Gasteiger partial charge >= 0.3 is 0 Å². The fourth-order valence-electron chi connectivity index (χ4n) is 1.48. The van der Waals surface area contributed by atoms with Gasteiger partial charge in [0.25, 0.3) is 0 Å². The molecule has 0 amide bonds. The lowest BCUT2D eigenvalue weighted by Gasteiger charge is -2.12. The van der Waals surface area contributed by atoms with E-state index in [1.54, 1.807) is 14.1 Å².